The molecule has 0 spiro atoms. The molecule has 1 saturated heterocycles. The lowest BCUT2D eigenvalue weighted by Crippen LogP contribution is -2.19. The van der Waals surface area contributed by atoms with Gasteiger partial charge in [0.25, 0.3) is 0 Å². The second-order valence-electron chi connectivity index (χ2n) is 6.13. The molecule has 0 N–H and O–H groups in total. The first-order valence-corrected chi connectivity index (χ1v) is 7.78. The molecule has 24 heavy (non-hydrogen) atoms. The lowest BCUT2D eigenvalue weighted by Gasteiger charge is -2.10. The molecule has 2 aromatic rings. The van der Waals surface area contributed by atoms with Crippen LogP contribution in [0, 0.1) is 13.8 Å². The van der Waals surface area contributed by atoms with Crippen LogP contribution in [0.2, 0.25) is 0 Å². The quantitative estimate of drug-likeness (QED) is 0.853. The summed E-state index contributed by atoms with van der Waals surface area (Å²) in [7, 11) is 0. The van der Waals surface area contributed by atoms with Gasteiger partial charge >= 0.3 is 6.18 Å². The Morgan fingerprint density at radius 1 is 1.33 bits per heavy atom. The largest absolute Gasteiger partial charge is 0.408 e. The van der Waals surface area contributed by atoms with Crippen LogP contribution in [0.3, 0.4) is 0 Å². The number of alkyl halides is 3. The number of nitrogens with zero attached hydrogens (tertiary/aromatic N) is 4. The highest BCUT2D eigenvalue weighted by molar-refractivity contribution is 5.32. The van der Waals surface area contributed by atoms with Crippen molar-refractivity contribution in [2.45, 2.75) is 51.7 Å². The fourth-order valence-electron chi connectivity index (χ4n) is 3.11. The van der Waals surface area contributed by atoms with Crippen LogP contribution < -0.4 is 0 Å². The van der Waals surface area contributed by atoms with E-state index in [1.165, 1.54) is 0 Å². The highest BCUT2D eigenvalue weighted by Gasteiger charge is 2.32. The van der Waals surface area contributed by atoms with Gasteiger partial charge in [-0.25, -0.2) is 0 Å². The van der Waals surface area contributed by atoms with Gasteiger partial charge in [-0.3, -0.25) is 4.68 Å². The summed E-state index contributed by atoms with van der Waals surface area (Å²) in [5.74, 6) is 0.766. The van der Waals surface area contributed by atoms with Crippen LogP contribution in [-0.2, 0) is 11.3 Å². The summed E-state index contributed by atoms with van der Waals surface area (Å²) in [6, 6.07) is 0. The molecule has 1 aliphatic heterocycles. The summed E-state index contributed by atoms with van der Waals surface area (Å²) >= 11 is 0. The summed E-state index contributed by atoms with van der Waals surface area (Å²) in [6.45, 7) is 5.27. The maximum atomic E-state index is 12.6. The van der Waals surface area contributed by atoms with Crippen molar-refractivity contribution in [3.8, 4) is 0 Å². The van der Waals surface area contributed by atoms with Crippen LogP contribution in [0.5, 0.6) is 0 Å². The molecule has 2 aromatic heterocycles. The average molecular weight is 344 g/mol. The lowest BCUT2D eigenvalue weighted by atomic mass is 9.99. The van der Waals surface area contributed by atoms with Gasteiger partial charge in [0.05, 0.1) is 18.2 Å². The molecule has 0 radical (unpaired) electrons. The summed E-state index contributed by atoms with van der Waals surface area (Å²) in [5.41, 5.74) is 1.69. The number of hydrogen-bond donors (Lipinski definition) is 0. The molecule has 2 atom stereocenters. The number of halogens is 3. The van der Waals surface area contributed by atoms with E-state index in [0.717, 1.165) is 11.1 Å². The Balaban J connectivity index is 1.86. The number of aromatic nitrogens is 4. The van der Waals surface area contributed by atoms with Crippen molar-refractivity contribution in [2.24, 2.45) is 0 Å². The zero-order valence-corrected chi connectivity index (χ0v) is 13.7. The first-order valence-electron chi connectivity index (χ1n) is 7.78. The van der Waals surface area contributed by atoms with Crippen LogP contribution in [0.15, 0.2) is 4.52 Å². The van der Waals surface area contributed by atoms with Crippen molar-refractivity contribution in [3.63, 3.8) is 0 Å². The van der Waals surface area contributed by atoms with E-state index in [4.69, 9.17) is 9.26 Å². The molecule has 0 aromatic carbocycles. The van der Waals surface area contributed by atoms with Gasteiger partial charge in [-0.1, -0.05) is 5.16 Å². The normalized spacial score (nSPS) is 19.8. The second-order valence-corrected chi connectivity index (χ2v) is 6.13. The molecule has 1 aliphatic rings. The third kappa shape index (κ3) is 3.31. The van der Waals surface area contributed by atoms with E-state index >= 15 is 0 Å². The lowest BCUT2D eigenvalue weighted by molar-refractivity contribution is -0.142. The zero-order chi connectivity index (χ0) is 17.5. The third-order valence-corrected chi connectivity index (χ3v) is 4.32. The molecule has 9 heteroatoms. The van der Waals surface area contributed by atoms with Gasteiger partial charge in [0.15, 0.2) is 5.82 Å². The van der Waals surface area contributed by atoms with E-state index in [2.05, 4.69) is 15.2 Å². The van der Waals surface area contributed by atoms with Crippen LogP contribution in [-0.4, -0.2) is 39.3 Å². The Bertz CT molecular complexity index is 717. The molecular weight excluding hydrogens is 325 g/mol. The van der Waals surface area contributed by atoms with Crippen molar-refractivity contribution in [1.82, 2.24) is 19.9 Å². The van der Waals surface area contributed by atoms with Crippen molar-refractivity contribution in [2.75, 3.05) is 13.2 Å². The van der Waals surface area contributed by atoms with Crippen molar-refractivity contribution in [3.05, 3.63) is 28.7 Å². The minimum atomic E-state index is -4.32. The van der Waals surface area contributed by atoms with E-state index in [9.17, 15) is 13.2 Å². The van der Waals surface area contributed by atoms with Gasteiger partial charge in [0, 0.05) is 23.8 Å². The van der Waals surface area contributed by atoms with Gasteiger partial charge in [-0.2, -0.15) is 23.3 Å². The Morgan fingerprint density at radius 3 is 2.71 bits per heavy atom. The van der Waals surface area contributed by atoms with Gasteiger partial charge < -0.3 is 9.26 Å². The Hall–Kier alpha value is -1.90. The molecule has 0 unspecified atom stereocenters. The van der Waals surface area contributed by atoms with E-state index < -0.39 is 12.7 Å². The maximum Gasteiger partial charge on any atom is 0.408 e. The molecule has 1 fully saturated rings. The molecule has 0 amide bonds. The number of rotatable bonds is 4. The highest BCUT2D eigenvalue weighted by Crippen LogP contribution is 2.31. The highest BCUT2D eigenvalue weighted by atomic mass is 19.4. The van der Waals surface area contributed by atoms with Crippen molar-refractivity contribution in [1.29, 1.82) is 0 Å². The summed E-state index contributed by atoms with van der Waals surface area (Å²) in [5, 5.41) is 8.01. The average Bonchev–Trinajstić information content (AvgIpc) is 3.19. The number of aryl methyl sites for hydroxylation is 1. The topological polar surface area (TPSA) is 66.0 Å². The summed E-state index contributed by atoms with van der Waals surface area (Å²) in [6.07, 6.45) is -3.47. The SMILES string of the molecule is Cc1nn(CC(F)(F)F)c(C)c1[C@@H](C)c1nc([C@H]2CCOC2)no1. The Labute approximate surface area is 137 Å². The maximum absolute atomic E-state index is 12.6. The van der Waals surface area contributed by atoms with Gasteiger partial charge in [-0.15, -0.1) is 0 Å². The number of hydrogen-bond acceptors (Lipinski definition) is 5. The molecule has 0 aliphatic carbocycles. The molecule has 6 nitrogen and oxygen atoms in total. The minimum Gasteiger partial charge on any atom is -0.381 e. The third-order valence-electron chi connectivity index (χ3n) is 4.32. The van der Waals surface area contributed by atoms with Gasteiger partial charge in [-0.05, 0) is 27.2 Å². The van der Waals surface area contributed by atoms with Crippen LogP contribution in [0.25, 0.3) is 0 Å². The first kappa shape index (κ1) is 16.9. The molecule has 3 rings (SSSR count). The number of ether oxygens (including phenoxy) is 1. The predicted molar refractivity (Wildman–Crippen MR) is 77.7 cm³/mol. The second kappa shape index (κ2) is 6.19. The fourth-order valence-corrected chi connectivity index (χ4v) is 3.11. The Kier molecular flexibility index (Phi) is 4.37. The minimum absolute atomic E-state index is 0.116. The molecule has 132 valence electrons. The summed E-state index contributed by atoms with van der Waals surface area (Å²) < 4.78 is 49.6. The Morgan fingerprint density at radius 2 is 2.08 bits per heavy atom. The first-order chi connectivity index (χ1) is 11.3. The van der Waals surface area contributed by atoms with E-state index in [1.807, 2.05) is 6.92 Å². The monoisotopic (exact) mass is 344 g/mol. The van der Waals surface area contributed by atoms with E-state index in [1.54, 1.807) is 13.8 Å². The molecule has 0 saturated carbocycles. The zero-order valence-electron chi connectivity index (χ0n) is 13.7. The van der Waals surface area contributed by atoms with Gasteiger partial charge in [0.2, 0.25) is 5.89 Å². The standard InChI is InChI=1S/C15H19F3N4O2/c1-8(14-19-13(21-24-14)11-4-5-23-6-11)12-9(2)20-22(10(12)3)7-15(16,17)18/h8,11H,4-7H2,1-3H3/t8-,11+/m1/s1. The van der Waals surface area contributed by atoms with Crippen molar-refractivity contribution < 1.29 is 22.4 Å². The van der Waals surface area contributed by atoms with E-state index in [0.29, 0.717) is 41.9 Å². The van der Waals surface area contributed by atoms with Crippen LogP contribution >= 0.6 is 0 Å². The smallest absolute Gasteiger partial charge is 0.381 e. The summed E-state index contributed by atoms with van der Waals surface area (Å²) in [4.78, 5) is 4.42. The van der Waals surface area contributed by atoms with Crippen LogP contribution in [0.1, 0.15) is 53.8 Å². The molecule has 3 heterocycles. The van der Waals surface area contributed by atoms with Crippen LogP contribution in [0.4, 0.5) is 13.2 Å². The predicted octanol–water partition coefficient (Wildman–Crippen LogP) is 3.10. The van der Waals surface area contributed by atoms with Crippen molar-refractivity contribution >= 4 is 0 Å². The fraction of sp³-hybridized carbons (Fsp3) is 0.667. The van der Waals surface area contributed by atoms with Gasteiger partial charge in [0.1, 0.15) is 6.54 Å². The molecular formula is C15H19F3N4O2. The molecule has 0 bridgehead atoms. The van der Waals surface area contributed by atoms with E-state index in [-0.39, 0.29) is 11.8 Å².